The van der Waals surface area contributed by atoms with Crippen LogP contribution in [0.15, 0.2) is 30.7 Å². The van der Waals surface area contributed by atoms with Gasteiger partial charge in [-0.05, 0) is 12.1 Å². The molecule has 152 valence electrons. The summed E-state index contributed by atoms with van der Waals surface area (Å²) in [6.07, 6.45) is 3.00. The van der Waals surface area contributed by atoms with E-state index in [1.54, 1.807) is 30.0 Å². The smallest absolute Gasteiger partial charge is 0.253 e. The molecule has 3 N–H and O–H groups in total. The molecule has 29 heavy (non-hydrogen) atoms. The summed E-state index contributed by atoms with van der Waals surface area (Å²) < 4.78 is 12.2. The summed E-state index contributed by atoms with van der Waals surface area (Å²) >= 11 is 0. The summed E-state index contributed by atoms with van der Waals surface area (Å²) in [5.41, 5.74) is 8.48. The number of anilines is 1. The van der Waals surface area contributed by atoms with Gasteiger partial charge in [0.05, 0.1) is 31.6 Å². The van der Waals surface area contributed by atoms with E-state index in [0.717, 1.165) is 38.4 Å². The van der Waals surface area contributed by atoms with E-state index >= 15 is 0 Å². The molecule has 1 aliphatic heterocycles. The van der Waals surface area contributed by atoms with Gasteiger partial charge in [0.2, 0.25) is 5.88 Å². The van der Waals surface area contributed by atoms with Crippen LogP contribution in [-0.4, -0.2) is 76.9 Å². The average Bonchev–Trinajstić information content (AvgIpc) is 3.16. The fourth-order valence-electron chi connectivity index (χ4n) is 3.37. The van der Waals surface area contributed by atoms with E-state index in [1.807, 2.05) is 6.07 Å². The van der Waals surface area contributed by atoms with Gasteiger partial charge in [-0.3, -0.25) is 9.69 Å². The first kappa shape index (κ1) is 19.1. The topological polar surface area (TPSA) is 120 Å². The van der Waals surface area contributed by atoms with Crippen LogP contribution in [0.4, 0.5) is 5.82 Å². The number of amides is 1. The van der Waals surface area contributed by atoms with Gasteiger partial charge < -0.3 is 20.5 Å². The molecular formula is C19H23N7O3. The first-order valence-corrected chi connectivity index (χ1v) is 9.38. The molecule has 0 spiro atoms. The molecule has 10 heteroatoms. The van der Waals surface area contributed by atoms with Crippen LogP contribution in [0.1, 0.15) is 10.4 Å². The van der Waals surface area contributed by atoms with Crippen LogP contribution in [0, 0.1) is 0 Å². The molecule has 10 nitrogen and oxygen atoms in total. The van der Waals surface area contributed by atoms with Gasteiger partial charge in [0.1, 0.15) is 11.8 Å². The van der Waals surface area contributed by atoms with Crippen molar-refractivity contribution in [2.24, 2.45) is 0 Å². The first-order chi connectivity index (χ1) is 14.2. The fraction of sp³-hybridized carbons (Fsp3) is 0.368. The molecule has 1 saturated heterocycles. The number of nitrogens with one attached hydrogen (secondary N) is 1. The first-order valence-electron chi connectivity index (χ1n) is 9.38. The predicted molar refractivity (Wildman–Crippen MR) is 107 cm³/mol. The third kappa shape index (κ3) is 3.98. The molecule has 1 fully saturated rings. The third-order valence-corrected chi connectivity index (χ3v) is 4.88. The average molecular weight is 397 g/mol. The lowest BCUT2D eigenvalue weighted by Gasteiger charge is -2.26. The predicted octanol–water partition coefficient (Wildman–Crippen LogP) is 0.444. The number of aromatic nitrogens is 4. The Morgan fingerprint density at radius 1 is 1.31 bits per heavy atom. The molecule has 1 amide bonds. The maximum absolute atomic E-state index is 12.9. The summed E-state index contributed by atoms with van der Waals surface area (Å²) in [7, 11) is 1.55. The minimum absolute atomic E-state index is 0.218. The summed E-state index contributed by atoms with van der Waals surface area (Å²) in [6, 6.07) is 5.36. The quantitative estimate of drug-likeness (QED) is 0.615. The van der Waals surface area contributed by atoms with Crippen molar-refractivity contribution < 1.29 is 14.3 Å². The second kappa shape index (κ2) is 8.41. The monoisotopic (exact) mass is 397 g/mol. The van der Waals surface area contributed by atoms with Crippen LogP contribution in [0.5, 0.6) is 5.88 Å². The Morgan fingerprint density at radius 2 is 2.14 bits per heavy atom. The fourth-order valence-corrected chi connectivity index (χ4v) is 3.37. The number of hydrogen-bond donors (Lipinski definition) is 2. The molecule has 0 saturated carbocycles. The van der Waals surface area contributed by atoms with Crippen molar-refractivity contribution >= 4 is 17.2 Å². The summed E-state index contributed by atoms with van der Waals surface area (Å²) in [5.74, 6) is 0.492. The van der Waals surface area contributed by atoms with Crippen LogP contribution in [0.3, 0.4) is 0 Å². The zero-order valence-corrected chi connectivity index (χ0v) is 16.2. The van der Waals surface area contributed by atoms with Gasteiger partial charge in [-0.15, -0.1) is 0 Å². The van der Waals surface area contributed by atoms with E-state index in [-0.39, 0.29) is 11.7 Å². The van der Waals surface area contributed by atoms with Crippen LogP contribution in [0.2, 0.25) is 0 Å². The van der Waals surface area contributed by atoms with Gasteiger partial charge in [-0.25, -0.2) is 14.5 Å². The molecule has 0 aliphatic carbocycles. The van der Waals surface area contributed by atoms with Crippen molar-refractivity contribution in [1.29, 1.82) is 0 Å². The number of pyridine rings is 1. The molecule has 3 aromatic heterocycles. The number of nitrogen functional groups attached to an aromatic ring is 1. The Bertz CT molecular complexity index is 1010. The van der Waals surface area contributed by atoms with E-state index in [1.165, 1.54) is 6.33 Å². The van der Waals surface area contributed by atoms with Gasteiger partial charge in [0.25, 0.3) is 5.91 Å². The highest BCUT2D eigenvalue weighted by molar-refractivity contribution is 6.05. The number of methoxy groups -OCH3 is 1. The standard InChI is InChI=1S/C19H23N7O3/c1-28-16-10-13(2-3-21-16)15-11-14(17-18(20)23-12-24-26(15)17)19(27)22-4-5-25-6-8-29-9-7-25/h2-3,10-12H,4-9H2,1H3,(H,22,27)(H2,20,23,24). The molecular weight excluding hydrogens is 374 g/mol. The number of carbonyl (C=O) groups excluding carboxylic acids is 1. The van der Waals surface area contributed by atoms with Crippen LogP contribution >= 0.6 is 0 Å². The largest absolute Gasteiger partial charge is 0.481 e. The molecule has 4 heterocycles. The van der Waals surface area contributed by atoms with Crippen molar-refractivity contribution in [2.75, 3.05) is 52.2 Å². The maximum Gasteiger partial charge on any atom is 0.253 e. The number of nitrogens with zero attached hydrogens (tertiary/aromatic N) is 5. The van der Waals surface area contributed by atoms with Gasteiger partial charge in [0.15, 0.2) is 5.82 Å². The second-order valence-corrected chi connectivity index (χ2v) is 6.65. The molecule has 0 atom stereocenters. The number of carbonyl (C=O) groups is 1. The SMILES string of the molecule is COc1cc(-c2cc(C(=O)NCCN3CCOCC3)c3c(N)ncnn23)ccn1. The summed E-state index contributed by atoms with van der Waals surface area (Å²) in [6.45, 7) is 4.50. The number of hydrogen-bond acceptors (Lipinski definition) is 8. The summed E-state index contributed by atoms with van der Waals surface area (Å²) in [4.78, 5) is 23.3. The van der Waals surface area contributed by atoms with Crippen molar-refractivity contribution in [2.45, 2.75) is 0 Å². The third-order valence-electron chi connectivity index (χ3n) is 4.88. The van der Waals surface area contributed by atoms with Crippen molar-refractivity contribution in [3.05, 3.63) is 36.3 Å². The highest BCUT2D eigenvalue weighted by atomic mass is 16.5. The van der Waals surface area contributed by atoms with Crippen LogP contribution in [-0.2, 0) is 4.74 Å². The van der Waals surface area contributed by atoms with E-state index in [4.69, 9.17) is 15.2 Å². The van der Waals surface area contributed by atoms with Crippen molar-refractivity contribution in [3.8, 4) is 17.1 Å². The number of rotatable bonds is 6. The Hall–Kier alpha value is -3.24. The van der Waals surface area contributed by atoms with E-state index in [0.29, 0.717) is 29.2 Å². The molecule has 0 radical (unpaired) electrons. The van der Waals surface area contributed by atoms with Crippen LogP contribution in [0.25, 0.3) is 16.8 Å². The normalized spacial score (nSPS) is 14.8. The van der Waals surface area contributed by atoms with Crippen molar-refractivity contribution in [1.82, 2.24) is 29.8 Å². The van der Waals surface area contributed by atoms with E-state index < -0.39 is 0 Å². The van der Waals surface area contributed by atoms with Gasteiger partial charge in [0, 0.05) is 44.0 Å². The van der Waals surface area contributed by atoms with Gasteiger partial charge in [-0.1, -0.05) is 0 Å². The molecule has 0 unspecified atom stereocenters. The highest BCUT2D eigenvalue weighted by Gasteiger charge is 2.20. The van der Waals surface area contributed by atoms with Gasteiger partial charge >= 0.3 is 0 Å². The highest BCUT2D eigenvalue weighted by Crippen LogP contribution is 2.28. The molecule has 4 rings (SSSR count). The minimum atomic E-state index is -0.218. The molecule has 3 aromatic rings. The molecule has 0 aromatic carbocycles. The lowest BCUT2D eigenvalue weighted by molar-refractivity contribution is 0.0383. The lowest BCUT2D eigenvalue weighted by Crippen LogP contribution is -2.41. The minimum Gasteiger partial charge on any atom is -0.481 e. The Balaban J connectivity index is 1.61. The Morgan fingerprint density at radius 3 is 2.93 bits per heavy atom. The Labute approximate surface area is 167 Å². The number of nitrogens with two attached hydrogens (primary N) is 1. The zero-order chi connectivity index (χ0) is 20.2. The number of morpholine rings is 1. The Kier molecular flexibility index (Phi) is 5.54. The summed E-state index contributed by atoms with van der Waals surface area (Å²) in [5, 5.41) is 7.26. The van der Waals surface area contributed by atoms with E-state index in [2.05, 4.69) is 25.3 Å². The zero-order valence-electron chi connectivity index (χ0n) is 16.2. The molecule has 1 aliphatic rings. The van der Waals surface area contributed by atoms with Crippen LogP contribution < -0.4 is 15.8 Å². The number of ether oxygens (including phenoxy) is 2. The van der Waals surface area contributed by atoms with E-state index in [9.17, 15) is 4.79 Å². The second-order valence-electron chi connectivity index (χ2n) is 6.65. The number of fused-ring (bicyclic) bond motifs is 1. The van der Waals surface area contributed by atoms with Gasteiger partial charge in [-0.2, -0.15) is 5.10 Å². The molecule has 0 bridgehead atoms. The maximum atomic E-state index is 12.9. The lowest BCUT2D eigenvalue weighted by atomic mass is 10.1. The van der Waals surface area contributed by atoms with Crippen molar-refractivity contribution in [3.63, 3.8) is 0 Å².